The summed E-state index contributed by atoms with van der Waals surface area (Å²) in [7, 11) is 0. The second-order valence-corrected chi connectivity index (χ2v) is 2.90. The van der Waals surface area contributed by atoms with Crippen LogP contribution < -0.4 is 0 Å². The maximum Gasteiger partial charge on any atom is 0.0957 e. The first kappa shape index (κ1) is 8.99. The summed E-state index contributed by atoms with van der Waals surface area (Å²) in [6.45, 7) is 6.00. The summed E-state index contributed by atoms with van der Waals surface area (Å²) in [4.78, 5) is 0. The van der Waals surface area contributed by atoms with Crippen LogP contribution in [0.25, 0.3) is 0 Å². The highest BCUT2D eigenvalue weighted by Gasteiger charge is 1.89. The van der Waals surface area contributed by atoms with Gasteiger partial charge in [-0.05, 0) is 23.9 Å². The number of halogens is 1. The van der Waals surface area contributed by atoms with E-state index in [0.29, 0.717) is 0 Å². The molecule has 0 unspecified atom stereocenters. The van der Waals surface area contributed by atoms with E-state index in [2.05, 4.69) is 0 Å². The van der Waals surface area contributed by atoms with E-state index >= 15 is 0 Å². The van der Waals surface area contributed by atoms with Gasteiger partial charge >= 0.3 is 0 Å². The Morgan fingerprint density at radius 2 is 2.00 bits per heavy atom. The van der Waals surface area contributed by atoms with E-state index in [1.807, 2.05) is 32.2 Å². The Morgan fingerprint density at radius 1 is 1.44 bits per heavy atom. The van der Waals surface area contributed by atoms with Gasteiger partial charge in [0.05, 0.1) is 4.34 Å². The third-order valence-corrected chi connectivity index (χ3v) is 2.17. The van der Waals surface area contributed by atoms with Gasteiger partial charge in [-0.3, -0.25) is 0 Å². The van der Waals surface area contributed by atoms with E-state index in [9.17, 15) is 0 Å². The zero-order valence-corrected chi connectivity index (χ0v) is 7.51. The molecule has 1 heterocycles. The largest absolute Gasteiger partial charge is 0.132 e. The van der Waals surface area contributed by atoms with E-state index in [1.165, 1.54) is 5.56 Å². The van der Waals surface area contributed by atoms with Gasteiger partial charge in [-0.25, -0.2) is 0 Å². The van der Waals surface area contributed by atoms with Gasteiger partial charge < -0.3 is 0 Å². The van der Waals surface area contributed by atoms with Gasteiger partial charge in [0, 0.05) is 0 Å². The molecule has 0 bridgehead atoms. The fourth-order valence-corrected chi connectivity index (χ4v) is 1.22. The summed E-state index contributed by atoms with van der Waals surface area (Å²) in [5.41, 5.74) is 1.17. The first-order valence-electron chi connectivity index (χ1n) is 3.00. The Balaban J connectivity index is 0.000000291. The van der Waals surface area contributed by atoms with Crippen molar-refractivity contribution in [3.63, 3.8) is 0 Å². The van der Waals surface area contributed by atoms with Crippen molar-refractivity contribution in [2.24, 2.45) is 0 Å². The maximum atomic E-state index is 5.64. The minimum Gasteiger partial charge on any atom is -0.132 e. The van der Waals surface area contributed by atoms with Crippen LogP contribution in [0.1, 0.15) is 19.4 Å². The molecule has 52 valence electrons. The van der Waals surface area contributed by atoms with Crippen LogP contribution in [0.2, 0.25) is 4.34 Å². The summed E-state index contributed by atoms with van der Waals surface area (Å²) < 4.78 is 0.903. The molecule has 1 aromatic rings. The zero-order valence-electron chi connectivity index (χ0n) is 5.94. The molecule has 0 nitrogen and oxygen atoms in total. The van der Waals surface area contributed by atoms with Crippen LogP contribution in [0.3, 0.4) is 0 Å². The van der Waals surface area contributed by atoms with Gasteiger partial charge in [0.25, 0.3) is 0 Å². The molecular formula is C7H11ClS. The monoisotopic (exact) mass is 162 g/mol. The zero-order chi connectivity index (χ0) is 7.28. The number of hydrogen-bond donors (Lipinski definition) is 0. The lowest BCUT2D eigenvalue weighted by Crippen LogP contribution is -1.54. The van der Waals surface area contributed by atoms with E-state index in [1.54, 1.807) is 11.3 Å². The van der Waals surface area contributed by atoms with Crippen LogP contribution in [0.5, 0.6) is 0 Å². The Hall–Kier alpha value is -0.0100. The lowest BCUT2D eigenvalue weighted by Gasteiger charge is -1.76. The quantitative estimate of drug-likeness (QED) is 0.545. The van der Waals surface area contributed by atoms with E-state index in [4.69, 9.17) is 11.6 Å². The summed E-state index contributed by atoms with van der Waals surface area (Å²) in [6.07, 6.45) is 0. The Labute approximate surface area is 65.5 Å². The number of thiophene rings is 1. The molecule has 9 heavy (non-hydrogen) atoms. The highest BCUT2D eigenvalue weighted by Crippen LogP contribution is 2.20. The highest BCUT2D eigenvalue weighted by molar-refractivity contribution is 7.14. The average molecular weight is 163 g/mol. The van der Waals surface area contributed by atoms with Gasteiger partial charge in [0.2, 0.25) is 0 Å². The Morgan fingerprint density at radius 3 is 2.11 bits per heavy atom. The van der Waals surface area contributed by atoms with Crippen molar-refractivity contribution in [1.82, 2.24) is 0 Å². The summed E-state index contributed by atoms with van der Waals surface area (Å²) in [5.74, 6) is 0. The van der Waals surface area contributed by atoms with Crippen LogP contribution in [-0.4, -0.2) is 0 Å². The molecular weight excluding hydrogens is 152 g/mol. The standard InChI is InChI=1S/C5H5ClS.C2H6/c1-4-2-3-7-5(4)6;1-2/h2-3H,1H3;1-2H3. The molecule has 1 rings (SSSR count). The van der Waals surface area contributed by atoms with Gasteiger partial charge in [-0.2, -0.15) is 0 Å². The van der Waals surface area contributed by atoms with Crippen molar-refractivity contribution < 1.29 is 0 Å². The molecule has 0 fully saturated rings. The van der Waals surface area contributed by atoms with Gasteiger partial charge in [0.1, 0.15) is 0 Å². The van der Waals surface area contributed by atoms with Gasteiger partial charge in [-0.15, -0.1) is 11.3 Å². The first-order valence-corrected chi connectivity index (χ1v) is 4.26. The molecule has 0 atom stereocenters. The second-order valence-electron chi connectivity index (χ2n) is 1.38. The van der Waals surface area contributed by atoms with E-state index < -0.39 is 0 Å². The molecule has 0 N–H and O–H groups in total. The predicted molar refractivity (Wildman–Crippen MR) is 45.4 cm³/mol. The number of rotatable bonds is 0. The van der Waals surface area contributed by atoms with Crippen molar-refractivity contribution in [2.75, 3.05) is 0 Å². The first-order chi connectivity index (χ1) is 4.30. The molecule has 0 saturated carbocycles. The molecule has 2 heteroatoms. The smallest absolute Gasteiger partial charge is 0.0957 e. The van der Waals surface area contributed by atoms with Crippen LogP contribution in [0.4, 0.5) is 0 Å². The van der Waals surface area contributed by atoms with Crippen LogP contribution >= 0.6 is 22.9 Å². The topological polar surface area (TPSA) is 0 Å². The molecule has 0 spiro atoms. The summed E-state index contributed by atoms with van der Waals surface area (Å²) in [6, 6.07) is 2.01. The number of hydrogen-bond acceptors (Lipinski definition) is 1. The van der Waals surface area contributed by atoms with Crippen molar-refractivity contribution >= 4 is 22.9 Å². The van der Waals surface area contributed by atoms with Crippen molar-refractivity contribution in [3.8, 4) is 0 Å². The Kier molecular flexibility index (Phi) is 4.83. The molecule has 0 aliphatic rings. The third kappa shape index (κ3) is 2.87. The van der Waals surface area contributed by atoms with Crippen LogP contribution in [0.15, 0.2) is 11.4 Å². The molecule has 0 amide bonds. The summed E-state index contributed by atoms with van der Waals surface area (Å²) >= 11 is 7.21. The fourth-order valence-electron chi connectivity index (χ4n) is 0.354. The molecule has 0 aromatic carbocycles. The lowest BCUT2D eigenvalue weighted by atomic mass is 10.4. The molecule has 0 aliphatic carbocycles. The van der Waals surface area contributed by atoms with Crippen LogP contribution in [-0.2, 0) is 0 Å². The van der Waals surface area contributed by atoms with Crippen molar-refractivity contribution in [1.29, 1.82) is 0 Å². The van der Waals surface area contributed by atoms with Gasteiger partial charge in [0.15, 0.2) is 0 Å². The normalized spacial score (nSPS) is 8.00. The third-order valence-electron chi connectivity index (χ3n) is 0.800. The highest BCUT2D eigenvalue weighted by atomic mass is 35.5. The van der Waals surface area contributed by atoms with E-state index in [0.717, 1.165) is 4.34 Å². The van der Waals surface area contributed by atoms with E-state index in [-0.39, 0.29) is 0 Å². The fraction of sp³-hybridized carbons (Fsp3) is 0.429. The molecule has 1 aromatic heterocycles. The molecule has 0 radical (unpaired) electrons. The SMILES string of the molecule is CC.Cc1ccsc1Cl. The lowest BCUT2D eigenvalue weighted by molar-refractivity contribution is 1.50. The van der Waals surface area contributed by atoms with Crippen LogP contribution in [0, 0.1) is 6.92 Å². The maximum absolute atomic E-state index is 5.64. The minimum absolute atomic E-state index is 0.903. The summed E-state index contributed by atoms with van der Waals surface area (Å²) in [5, 5.41) is 1.98. The van der Waals surface area contributed by atoms with Gasteiger partial charge in [-0.1, -0.05) is 25.4 Å². The predicted octanol–water partition coefficient (Wildman–Crippen LogP) is 3.74. The molecule has 0 aliphatic heterocycles. The second kappa shape index (κ2) is 4.83. The Bertz CT molecular complexity index is 141. The van der Waals surface area contributed by atoms with Crippen molar-refractivity contribution in [3.05, 3.63) is 21.3 Å². The average Bonchev–Trinajstić information content (AvgIpc) is 2.23. The molecule has 0 saturated heterocycles. The number of aryl methyl sites for hydroxylation is 1. The minimum atomic E-state index is 0.903. The van der Waals surface area contributed by atoms with Crippen molar-refractivity contribution in [2.45, 2.75) is 20.8 Å².